The van der Waals surface area contributed by atoms with Crippen LogP contribution in [0, 0.1) is 0 Å². The number of sulfonamides is 1. The third-order valence-electron chi connectivity index (χ3n) is 4.38. The number of methoxy groups -OCH3 is 1. The molecule has 0 aliphatic heterocycles. The van der Waals surface area contributed by atoms with Gasteiger partial charge >= 0.3 is 5.97 Å². The Labute approximate surface area is 176 Å². The van der Waals surface area contributed by atoms with Crippen LogP contribution in [0.5, 0.6) is 5.75 Å². The molecular weight excluding hydrogens is 408 g/mol. The van der Waals surface area contributed by atoms with Crippen LogP contribution in [0.2, 0.25) is 0 Å². The molecule has 162 valence electrons. The van der Waals surface area contributed by atoms with E-state index in [2.05, 4.69) is 5.32 Å². The summed E-state index contributed by atoms with van der Waals surface area (Å²) in [4.78, 5) is 24.1. The van der Waals surface area contributed by atoms with Crippen molar-refractivity contribution in [2.75, 3.05) is 25.0 Å². The fraction of sp³-hybridized carbons (Fsp3) is 0.333. The molecule has 2 rings (SSSR count). The molecule has 0 aliphatic carbocycles. The first-order valence-electron chi connectivity index (χ1n) is 9.43. The molecular formula is C21H26N2O6S. The number of benzene rings is 2. The van der Waals surface area contributed by atoms with E-state index >= 15 is 0 Å². The number of amides is 1. The fourth-order valence-corrected chi connectivity index (χ4v) is 3.82. The first-order chi connectivity index (χ1) is 14.2. The Hall–Kier alpha value is -3.07. The van der Waals surface area contributed by atoms with Crippen LogP contribution in [0.3, 0.4) is 0 Å². The van der Waals surface area contributed by atoms with Crippen LogP contribution in [0.15, 0.2) is 53.4 Å². The number of esters is 1. The van der Waals surface area contributed by atoms with Gasteiger partial charge in [-0.25, -0.2) is 13.2 Å². The van der Waals surface area contributed by atoms with E-state index in [-0.39, 0.29) is 16.4 Å². The molecule has 1 unspecified atom stereocenters. The maximum Gasteiger partial charge on any atom is 0.338 e. The highest BCUT2D eigenvalue weighted by atomic mass is 32.2. The van der Waals surface area contributed by atoms with E-state index in [9.17, 15) is 18.0 Å². The van der Waals surface area contributed by atoms with Crippen molar-refractivity contribution in [2.24, 2.45) is 0 Å². The second-order valence-electron chi connectivity index (χ2n) is 6.51. The Kier molecular flexibility index (Phi) is 7.82. The monoisotopic (exact) mass is 434 g/mol. The first-order valence-corrected chi connectivity index (χ1v) is 10.9. The molecule has 0 heterocycles. The van der Waals surface area contributed by atoms with Gasteiger partial charge in [-0.15, -0.1) is 0 Å². The number of carbonyl (C=O) groups is 2. The van der Waals surface area contributed by atoms with E-state index in [4.69, 9.17) is 9.47 Å². The number of nitrogens with one attached hydrogen (secondary N) is 1. The highest BCUT2D eigenvalue weighted by molar-refractivity contribution is 7.92. The third-order valence-corrected chi connectivity index (χ3v) is 6.16. The zero-order valence-corrected chi connectivity index (χ0v) is 18.2. The average Bonchev–Trinajstić information content (AvgIpc) is 2.76. The van der Waals surface area contributed by atoms with Gasteiger partial charge in [-0.1, -0.05) is 19.1 Å². The normalized spacial score (nSPS) is 12.0. The van der Waals surface area contributed by atoms with Crippen LogP contribution in [0.25, 0.3) is 0 Å². The van der Waals surface area contributed by atoms with E-state index in [1.165, 1.54) is 45.3 Å². The van der Waals surface area contributed by atoms with Gasteiger partial charge in [-0.2, -0.15) is 0 Å². The van der Waals surface area contributed by atoms with E-state index < -0.39 is 22.1 Å². The highest BCUT2D eigenvalue weighted by Gasteiger charge is 2.24. The summed E-state index contributed by atoms with van der Waals surface area (Å²) in [7, 11) is -0.993. The molecule has 8 nitrogen and oxygen atoms in total. The van der Waals surface area contributed by atoms with Crippen LogP contribution in [-0.4, -0.2) is 47.1 Å². The Morgan fingerprint density at radius 1 is 1.10 bits per heavy atom. The number of hydrogen-bond donors (Lipinski definition) is 1. The molecule has 1 amide bonds. The number of anilines is 1. The Balaban J connectivity index is 2.16. The van der Waals surface area contributed by atoms with Gasteiger partial charge in [0, 0.05) is 13.6 Å². The lowest BCUT2D eigenvalue weighted by molar-refractivity contribution is -0.129. The van der Waals surface area contributed by atoms with Crippen molar-refractivity contribution in [1.82, 2.24) is 5.32 Å². The topological polar surface area (TPSA) is 102 Å². The first kappa shape index (κ1) is 23.2. The molecule has 0 aromatic heterocycles. The summed E-state index contributed by atoms with van der Waals surface area (Å²) in [6.45, 7) is 3.88. The van der Waals surface area contributed by atoms with E-state index in [0.29, 0.717) is 18.0 Å². The van der Waals surface area contributed by atoms with Gasteiger partial charge in [-0.3, -0.25) is 9.10 Å². The van der Waals surface area contributed by atoms with Crippen molar-refractivity contribution in [3.63, 3.8) is 0 Å². The van der Waals surface area contributed by atoms with Gasteiger partial charge in [0.2, 0.25) is 0 Å². The standard InChI is InChI=1S/C21H26N2O6S/c1-5-14-22-20(24)15(2)29-21(25)16-10-12-17(13-11-16)30(26,27)23(3)18-8-6-7-9-19(18)28-4/h6-13,15H,5,14H2,1-4H3,(H,22,24). The van der Waals surface area contributed by atoms with Crippen LogP contribution >= 0.6 is 0 Å². The minimum absolute atomic E-state index is 0.00111. The summed E-state index contributed by atoms with van der Waals surface area (Å²) >= 11 is 0. The zero-order valence-electron chi connectivity index (χ0n) is 17.4. The lowest BCUT2D eigenvalue weighted by atomic mass is 10.2. The summed E-state index contributed by atoms with van der Waals surface area (Å²) in [5.74, 6) is -0.682. The fourth-order valence-electron chi connectivity index (χ4n) is 2.61. The molecule has 9 heteroatoms. The van der Waals surface area contributed by atoms with Crippen LogP contribution < -0.4 is 14.4 Å². The number of rotatable bonds is 9. The van der Waals surface area contributed by atoms with Gasteiger partial charge in [0.05, 0.1) is 23.3 Å². The maximum atomic E-state index is 13.0. The second kappa shape index (κ2) is 10.1. The minimum Gasteiger partial charge on any atom is -0.495 e. The lowest BCUT2D eigenvalue weighted by Gasteiger charge is -2.21. The van der Waals surface area contributed by atoms with Crippen molar-refractivity contribution in [2.45, 2.75) is 31.3 Å². The molecule has 1 atom stereocenters. The zero-order chi connectivity index (χ0) is 22.3. The van der Waals surface area contributed by atoms with Gasteiger partial charge in [0.1, 0.15) is 5.75 Å². The molecule has 2 aromatic carbocycles. The molecule has 1 N–H and O–H groups in total. The molecule has 2 aromatic rings. The van der Waals surface area contributed by atoms with Crippen LogP contribution in [0.1, 0.15) is 30.6 Å². The van der Waals surface area contributed by atoms with Gasteiger partial charge < -0.3 is 14.8 Å². The molecule has 0 saturated heterocycles. The SMILES string of the molecule is CCCNC(=O)C(C)OC(=O)c1ccc(S(=O)(=O)N(C)c2ccccc2OC)cc1. The summed E-state index contributed by atoms with van der Waals surface area (Å²) in [6, 6.07) is 12.1. The molecule has 30 heavy (non-hydrogen) atoms. The van der Waals surface area contributed by atoms with E-state index in [0.717, 1.165) is 10.7 Å². The summed E-state index contributed by atoms with van der Waals surface area (Å²) in [6.07, 6.45) is -0.185. The highest BCUT2D eigenvalue weighted by Crippen LogP contribution is 2.30. The molecule has 0 spiro atoms. The Morgan fingerprint density at radius 3 is 2.33 bits per heavy atom. The smallest absolute Gasteiger partial charge is 0.338 e. The third kappa shape index (κ3) is 5.29. The van der Waals surface area contributed by atoms with Crippen molar-refractivity contribution >= 4 is 27.6 Å². The predicted octanol–water partition coefficient (Wildman–Crippen LogP) is 2.59. The largest absolute Gasteiger partial charge is 0.495 e. The summed E-state index contributed by atoms with van der Waals surface area (Å²) in [5, 5.41) is 2.64. The Bertz CT molecular complexity index is 989. The number of carbonyl (C=O) groups excluding carboxylic acids is 2. The minimum atomic E-state index is -3.88. The molecule has 0 saturated carbocycles. The quantitative estimate of drug-likeness (QED) is 0.609. The maximum absolute atomic E-state index is 13.0. The van der Waals surface area contributed by atoms with Crippen molar-refractivity contribution in [1.29, 1.82) is 0 Å². The van der Waals surface area contributed by atoms with Crippen molar-refractivity contribution in [3.05, 3.63) is 54.1 Å². The number of nitrogens with zero attached hydrogens (tertiary/aromatic N) is 1. The molecule has 0 aliphatic rings. The molecule has 0 radical (unpaired) electrons. The van der Waals surface area contributed by atoms with Gasteiger partial charge in [0.15, 0.2) is 6.10 Å². The van der Waals surface area contributed by atoms with Crippen LogP contribution in [0.4, 0.5) is 5.69 Å². The predicted molar refractivity (Wildman–Crippen MR) is 113 cm³/mol. The second-order valence-corrected chi connectivity index (χ2v) is 8.48. The van der Waals surface area contributed by atoms with Crippen molar-refractivity contribution in [3.8, 4) is 5.75 Å². The summed E-state index contributed by atoms with van der Waals surface area (Å²) < 4.78 is 37.4. The van der Waals surface area contributed by atoms with Gasteiger partial charge in [-0.05, 0) is 49.7 Å². The average molecular weight is 435 g/mol. The molecule has 0 fully saturated rings. The Morgan fingerprint density at radius 2 is 1.73 bits per heavy atom. The number of hydrogen-bond acceptors (Lipinski definition) is 6. The van der Waals surface area contributed by atoms with Crippen LogP contribution in [-0.2, 0) is 19.6 Å². The summed E-state index contributed by atoms with van der Waals surface area (Å²) in [5.41, 5.74) is 0.527. The lowest BCUT2D eigenvalue weighted by Crippen LogP contribution is -2.36. The van der Waals surface area contributed by atoms with E-state index in [1.807, 2.05) is 6.92 Å². The number of ether oxygens (including phenoxy) is 2. The molecule has 0 bridgehead atoms. The van der Waals surface area contributed by atoms with Gasteiger partial charge in [0.25, 0.3) is 15.9 Å². The number of para-hydroxylation sites is 2. The van der Waals surface area contributed by atoms with Crippen molar-refractivity contribution < 1.29 is 27.5 Å². The van der Waals surface area contributed by atoms with E-state index in [1.54, 1.807) is 24.3 Å².